The summed E-state index contributed by atoms with van der Waals surface area (Å²) in [7, 11) is 0. The average molecular weight is 225 g/mol. The summed E-state index contributed by atoms with van der Waals surface area (Å²) in [6.45, 7) is 0.145. The Kier molecular flexibility index (Phi) is 3.38. The highest BCUT2D eigenvalue weighted by Crippen LogP contribution is 2.34. The summed E-state index contributed by atoms with van der Waals surface area (Å²) in [5, 5.41) is 13.8. The molecule has 15 heavy (non-hydrogen) atoms. The second-order valence-corrected chi connectivity index (χ2v) is 4.85. The Morgan fingerprint density at radius 3 is 3.00 bits per heavy atom. The molecule has 0 bridgehead atoms. The number of aliphatic hydroxyl groups excluding tert-OH is 1. The van der Waals surface area contributed by atoms with Gasteiger partial charge >= 0.3 is 0 Å². The molecular weight excluding hydrogens is 210 g/mol. The molecular formula is C11H15NO2S. The van der Waals surface area contributed by atoms with E-state index in [-0.39, 0.29) is 18.6 Å². The van der Waals surface area contributed by atoms with Gasteiger partial charge in [0.25, 0.3) is 5.91 Å². The fraction of sp³-hybridized carbons (Fsp3) is 0.545. The summed E-state index contributed by atoms with van der Waals surface area (Å²) in [5.74, 6) is 0.580. The van der Waals surface area contributed by atoms with Gasteiger partial charge in [0.15, 0.2) is 0 Å². The highest BCUT2D eigenvalue weighted by molar-refractivity contribution is 7.12. The van der Waals surface area contributed by atoms with Gasteiger partial charge in [0.2, 0.25) is 0 Å². The SMILES string of the molecule is O=C(NC(CCO)C1CC1)c1cccs1. The summed E-state index contributed by atoms with van der Waals surface area (Å²) in [4.78, 5) is 12.5. The van der Waals surface area contributed by atoms with Crippen molar-refractivity contribution < 1.29 is 9.90 Å². The lowest BCUT2D eigenvalue weighted by molar-refractivity contribution is 0.0928. The zero-order valence-corrected chi connectivity index (χ0v) is 9.30. The maximum Gasteiger partial charge on any atom is 0.261 e. The largest absolute Gasteiger partial charge is 0.396 e. The molecule has 82 valence electrons. The third-order valence-corrected chi connectivity index (χ3v) is 3.56. The molecule has 1 aliphatic carbocycles. The molecule has 0 aromatic carbocycles. The van der Waals surface area contributed by atoms with Gasteiger partial charge < -0.3 is 10.4 Å². The number of hydrogen-bond acceptors (Lipinski definition) is 3. The standard InChI is InChI=1S/C11H15NO2S/c13-6-5-9(8-3-4-8)12-11(14)10-2-1-7-15-10/h1-2,7-9,13H,3-6H2,(H,12,14). The summed E-state index contributed by atoms with van der Waals surface area (Å²) in [6.07, 6.45) is 3.02. The molecule has 1 saturated carbocycles. The Morgan fingerprint density at radius 1 is 1.67 bits per heavy atom. The van der Waals surface area contributed by atoms with Crippen molar-refractivity contribution in [2.75, 3.05) is 6.61 Å². The van der Waals surface area contributed by atoms with Crippen LogP contribution in [0.15, 0.2) is 17.5 Å². The third kappa shape index (κ3) is 2.79. The van der Waals surface area contributed by atoms with Crippen LogP contribution < -0.4 is 5.32 Å². The minimum absolute atomic E-state index is 0.00431. The molecule has 1 heterocycles. The maximum absolute atomic E-state index is 11.7. The normalized spacial score (nSPS) is 17.4. The molecule has 0 spiro atoms. The number of amides is 1. The number of thiophene rings is 1. The molecule has 0 saturated heterocycles. The van der Waals surface area contributed by atoms with E-state index in [1.807, 2.05) is 17.5 Å². The lowest BCUT2D eigenvalue weighted by atomic mass is 10.1. The Morgan fingerprint density at radius 2 is 2.47 bits per heavy atom. The van der Waals surface area contributed by atoms with Gasteiger partial charge in [-0.2, -0.15) is 0 Å². The number of carbonyl (C=O) groups excluding carboxylic acids is 1. The molecule has 1 aliphatic rings. The monoisotopic (exact) mass is 225 g/mol. The molecule has 1 fully saturated rings. The molecule has 4 heteroatoms. The molecule has 1 amide bonds. The molecule has 1 atom stereocenters. The van der Waals surface area contributed by atoms with E-state index < -0.39 is 0 Å². The van der Waals surface area contributed by atoms with E-state index in [9.17, 15) is 4.79 Å². The summed E-state index contributed by atoms with van der Waals surface area (Å²) in [5.41, 5.74) is 0. The van der Waals surface area contributed by atoms with Gasteiger partial charge in [-0.25, -0.2) is 0 Å². The first-order valence-corrected chi connectivity index (χ1v) is 6.14. The molecule has 1 unspecified atom stereocenters. The molecule has 2 N–H and O–H groups in total. The second kappa shape index (κ2) is 4.77. The predicted molar refractivity (Wildman–Crippen MR) is 60.0 cm³/mol. The first kappa shape index (κ1) is 10.6. The van der Waals surface area contributed by atoms with Crippen molar-refractivity contribution in [2.24, 2.45) is 5.92 Å². The van der Waals surface area contributed by atoms with Crippen LogP contribution >= 0.6 is 11.3 Å². The number of nitrogens with one attached hydrogen (secondary N) is 1. The smallest absolute Gasteiger partial charge is 0.261 e. The van der Waals surface area contributed by atoms with Crippen LogP contribution in [0.5, 0.6) is 0 Å². The number of aliphatic hydroxyl groups is 1. The van der Waals surface area contributed by atoms with Crippen LogP contribution in [0.25, 0.3) is 0 Å². The second-order valence-electron chi connectivity index (χ2n) is 3.91. The van der Waals surface area contributed by atoms with E-state index >= 15 is 0 Å². The number of hydrogen-bond donors (Lipinski definition) is 2. The van der Waals surface area contributed by atoms with E-state index in [1.54, 1.807) is 0 Å². The van der Waals surface area contributed by atoms with Crippen LogP contribution in [0.4, 0.5) is 0 Å². The Labute approximate surface area is 93.1 Å². The van der Waals surface area contributed by atoms with Crippen molar-refractivity contribution >= 4 is 17.2 Å². The van der Waals surface area contributed by atoms with Crippen molar-refractivity contribution in [2.45, 2.75) is 25.3 Å². The summed E-state index contributed by atoms with van der Waals surface area (Å²) in [6, 6.07) is 3.85. The minimum Gasteiger partial charge on any atom is -0.396 e. The minimum atomic E-state index is -0.00431. The molecule has 2 rings (SSSR count). The topological polar surface area (TPSA) is 49.3 Å². The van der Waals surface area contributed by atoms with Crippen molar-refractivity contribution in [1.82, 2.24) is 5.32 Å². The van der Waals surface area contributed by atoms with Crippen LogP contribution in [0.1, 0.15) is 28.9 Å². The highest BCUT2D eigenvalue weighted by Gasteiger charge is 2.31. The molecule has 0 radical (unpaired) electrons. The molecule has 1 aromatic rings. The molecule has 0 aliphatic heterocycles. The van der Waals surface area contributed by atoms with Gasteiger partial charge in [-0.05, 0) is 36.6 Å². The first-order valence-electron chi connectivity index (χ1n) is 5.26. The van der Waals surface area contributed by atoms with Crippen molar-refractivity contribution in [1.29, 1.82) is 0 Å². The maximum atomic E-state index is 11.7. The number of rotatable bonds is 5. The van der Waals surface area contributed by atoms with Crippen molar-refractivity contribution in [3.05, 3.63) is 22.4 Å². The van der Waals surface area contributed by atoms with Crippen LogP contribution in [0.3, 0.4) is 0 Å². The van der Waals surface area contributed by atoms with Crippen molar-refractivity contribution in [3.63, 3.8) is 0 Å². The fourth-order valence-corrected chi connectivity index (χ4v) is 2.34. The van der Waals surface area contributed by atoms with Crippen LogP contribution in [0.2, 0.25) is 0 Å². The average Bonchev–Trinajstić information content (AvgIpc) is 2.92. The Balaban J connectivity index is 1.91. The zero-order chi connectivity index (χ0) is 10.7. The van der Waals surface area contributed by atoms with E-state index in [0.29, 0.717) is 12.3 Å². The van der Waals surface area contributed by atoms with Crippen molar-refractivity contribution in [3.8, 4) is 0 Å². The predicted octanol–water partition coefficient (Wildman–Crippen LogP) is 1.64. The quantitative estimate of drug-likeness (QED) is 0.800. The molecule has 1 aromatic heterocycles. The van der Waals surface area contributed by atoms with E-state index in [2.05, 4.69) is 5.32 Å². The Hall–Kier alpha value is -0.870. The Bertz CT molecular complexity index is 319. The van der Waals surface area contributed by atoms with Gasteiger partial charge in [0.1, 0.15) is 0 Å². The van der Waals surface area contributed by atoms with Crippen LogP contribution in [0, 0.1) is 5.92 Å². The lowest BCUT2D eigenvalue weighted by Gasteiger charge is -2.16. The lowest BCUT2D eigenvalue weighted by Crippen LogP contribution is -2.36. The summed E-state index contributed by atoms with van der Waals surface area (Å²) >= 11 is 1.45. The third-order valence-electron chi connectivity index (χ3n) is 2.69. The highest BCUT2D eigenvalue weighted by atomic mass is 32.1. The van der Waals surface area contributed by atoms with Crippen LogP contribution in [-0.2, 0) is 0 Å². The number of carbonyl (C=O) groups is 1. The molecule has 3 nitrogen and oxygen atoms in total. The van der Waals surface area contributed by atoms with Crippen LogP contribution in [-0.4, -0.2) is 23.7 Å². The van der Waals surface area contributed by atoms with Gasteiger partial charge in [-0.1, -0.05) is 6.07 Å². The first-order chi connectivity index (χ1) is 7.31. The van der Waals surface area contributed by atoms with E-state index in [4.69, 9.17) is 5.11 Å². The van der Waals surface area contributed by atoms with E-state index in [1.165, 1.54) is 24.2 Å². The van der Waals surface area contributed by atoms with E-state index in [0.717, 1.165) is 4.88 Å². The summed E-state index contributed by atoms with van der Waals surface area (Å²) < 4.78 is 0. The van der Waals surface area contributed by atoms with Gasteiger partial charge in [0.05, 0.1) is 4.88 Å². The van der Waals surface area contributed by atoms with Gasteiger partial charge in [-0.3, -0.25) is 4.79 Å². The van der Waals surface area contributed by atoms with Gasteiger partial charge in [0, 0.05) is 12.6 Å². The van der Waals surface area contributed by atoms with Gasteiger partial charge in [-0.15, -0.1) is 11.3 Å². The zero-order valence-electron chi connectivity index (χ0n) is 8.48. The fourth-order valence-electron chi connectivity index (χ4n) is 1.71.